The standard InChI is InChI=1S/C18H20NO4.Na/c1-21-15-9-18-4-2-5-19(18)6-3-11-7-13-14(23-10-22-13)8-12(11)16(18)17(15)20;/h7-9,16-17H,2-6,10H2,1H3;/q-1;+1/t16-,17?,18+;/m1./s1. The zero-order valence-corrected chi connectivity index (χ0v) is 16.2. The normalized spacial score (nSPS) is 33.0. The number of hydrogen-bond acceptors (Lipinski definition) is 5. The third-order valence-electron chi connectivity index (χ3n) is 5.96. The summed E-state index contributed by atoms with van der Waals surface area (Å²) in [6.07, 6.45) is 4.38. The molecule has 4 aliphatic rings. The molecule has 1 saturated heterocycles. The van der Waals surface area contributed by atoms with E-state index in [2.05, 4.69) is 17.0 Å². The van der Waals surface area contributed by atoms with Crippen molar-refractivity contribution in [2.24, 2.45) is 0 Å². The maximum absolute atomic E-state index is 13.1. The van der Waals surface area contributed by atoms with Gasteiger partial charge in [-0.3, -0.25) is 4.90 Å². The van der Waals surface area contributed by atoms with E-state index >= 15 is 0 Å². The molecule has 122 valence electrons. The van der Waals surface area contributed by atoms with Crippen molar-refractivity contribution in [2.45, 2.75) is 36.8 Å². The van der Waals surface area contributed by atoms with Crippen LogP contribution in [0.5, 0.6) is 11.5 Å². The summed E-state index contributed by atoms with van der Waals surface area (Å²) in [5.41, 5.74) is 2.16. The van der Waals surface area contributed by atoms with Gasteiger partial charge in [0.25, 0.3) is 0 Å². The van der Waals surface area contributed by atoms with E-state index in [1.807, 2.05) is 6.07 Å². The summed E-state index contributed by atoms with van der Waals surface area (Å²) < 4.78 is 16.5. The first-order chi connectivity index (χ1) is 11.2. The Morgan fingerprint density at radius 3 is 2.83 bits per heavy atom. The first kappa shape index (κ1) is 16.7. The van der Waals surface area contributed by atoms with Gasteiger partial charge in [-0.1, -0.05) is 6.10 Å². The van der Waals surface area contributed by atoms with Crippen LogP contribution in [0.4, 0.5) is 0 Å². The van der Waals surface area contributed by atoms with E-state index in [1.54, 1.807) is 7.11 Å². The quantitative estimate of drug-likeness (QED) is 0.564. The Balaban J connectivity index is 0.00000146. The Morgan fingerprint density at radius 1 is 1.25 bits per heavy atom. The zero-order chi connectivity index (χ0) is 15.6. The predicted octanol–water partition coefficient (Wildman–Crippen LogP) is -1.83. The number of methoxy groups -OCH3 is 1. The molecule has 24 heavy (non-hydrogen) atoms. The predicted molar refractivity (Wildman–Crippen MR) is 81.4 cm³/mol. The van der Waals surface area contributed by atoms with E-state index < -0.39 is 6.10 Å². The summed E-state index contributed by atoms with van der Waals surface area (Å²) in [6, 6.07) is 4.12. The van der Waals surface area contributed by atoms with Gasteiger partial charge in [0.05, 0.1) is 12.9 Å². The minimum atomic E-state index is -0.849. The van der Waals surface area contributed by atoms with E-state index in [4.69, 9.17) is 14.2 Å². The molecule has 3 atom stereocenters. The minimum Gasteiger partial charge on any atom is -0.846 e. The largest absolute Gasteiger partial charge is 1.00 e. The molecule has 1 fully saturated rings. The fourth-order valence-corrected chi connectivity index (χ4v) is 4.97. The summed E-state index contributed by atoms with van der Waals surface area (Å²) in [5, 5.41) is 13.1. The van der Waals surface area contributed by atoms with Crippen LogP contribution in [0.1, 0.15) is 29.9 Å². The molecule has 5 rings (SSSR count). The molecule has 0 radical (unpaired) electrons. The zero-order valence-electron chi connectivity index (χ0n) is 14.2. The average molecular weight is 337 g/mol. The van der Waals surface area contributed by atoms with Crippen LogP contribution < -0.4 is 44.1 Å². The summed E-state index contributed by atoms with van der Waals surface area (Å²) >= 11 is 0. The Labute approximate surface area is 163 Å². The van der Waals surface area contributed by atoms with Crippen molar-refractivity contribution in [3.05, 3.63) is 35.1 Å². The van der Waals surface area contributed by atoms with Gasteiger partial charge in [0.1, 0.15) is 0 Å². The van der Waals surface area contributed by atoms with Crippen LogP contribution in [0, 0.1) is 0 Å². The molecule has 1 aromatic rings. The van der Waals surface area contributed by atoms with Crippen LogP contribution in [0.25, 0.3) is 0 Å². The molecule has 1 spiro atoms. The third-order valence-corrected chi connectivity index (χ3v) is 5.96. The van der Waals surface area contributed by atoms with E-state index in [-0.39, 0.29) is 47.8 Å². The summed E-state index contributed by atoms with van der Waals surface area (Å²) in [5.74, 6) is 2.06. The fraction of sp³-hybridized carbons (Fsp3) is 0.556. The number of fused-ring (bicyclic) bond motifs is 3. The van der Waals surface area contributed by atoms with Crippen LogP contribution >= 0.6 is 0 Å². The number of hydrogen-bond donors (Lipinski definition) is 0. The first-order valence-electron chi connectivity index (χ1n) is 8.33. The van der Waals surface area contributed by atoms with Gasteiger partial charge in [-0.2, -0.15) is 0 Å². The van der Waals surface area contributed by atoms with Crippen molar-refractivity contribution in [1.82, 2.24) is 4.90 Å². The summed E-state index contributed by atoms with van der Waals surface area (Å²) in [6.45, 7) is 2.29. The molecule has 1 aliphatic carbocycles. The van der Waals surface area contributed by atoms with Gasteiger partial charge in [-0.25, -0.2) is 0 Å². The topological polar surface area (TPSA) is 54.0 Å². The monoisotopic (exact) mass is 337 g/mol. The number of nitrogens with zero attached hydrogens (tertiary/aromatic N) is 1. The molecule has 3 heterocycles. The maximum atomic E-state index is 13.1. The van der Waals surface area contributed by atoms with Crippen molar-refractivity contribution >= 4 is 0 Å². The van der Waals surface area contributed by atoms with Gasteiger partial charge in [0, 0.05) is 18.0 Å². The summed E-state index contributed by atoms with van der Waals surface area (Å²) in [7, 11) is 1.61. The molecule has 5 nitrogen and oxygen atoms in total. The van der Waals surface area contributed by atoms with E-state index in [0.717, 1.165) is 49.4 Å². The summed E-state index contributed by atoms with van der Waals surface area (Å²) in [4.78, 5) is 2.49. The van der Waals surface area contributed by atoms with Gasteiger partial charge >= 0.3 is 29.6 Å². The number of ether oxygens (including phenoxy) is 3. The second-order valence-electron chi connectivity index (χ2n) is 6.89. The van der Waals surface area contributed by atoms with Gasteiger partial charge < -0.3 is 19.3 Å². The molecule has 0 saturated carbocycles. The van der Waals surface area contributed by atoms with E-state index in [9.17, 15) is 5.11 Å². The third kappa shape index (κ3) is 2.12. The van der Waals surface area contributed by atoms with Gasteiger partial charge in [0.15, 0.2) is 11.5 Å². The number of benzene rings is 1. The SMILES string of the molecule is COC1=C[C@]23CCCN2CCc2cc4c(cc2[C@@H]3C1[O-])OCO4.[Na+]. The van der Waals surface area contributed by atoms with Crippen molar-refractivity contribution in [2.75, 3.05) is 27.0 Å². The van der Waals surface area contributed by atoms with Crippen molar-refractivity contribution < 1.29 is 48.9 Å². The Kier molecular flexibility index (Phi) is 4.13. The van der Waals surface area contributed by atoms with Gasteiger partial charge in [0.2, 0.25) is 6.79 Å². The molecular formula is C18H20NNaO4. The second kappa shape index (κ2) is 5.92. The molecule has 1 aromatic carbocycles. The van der Waals surface area contributed by atoms with Crippen LogP contribution in [0.2, 0.25) is 0 Å². The van der Waals surface area contributed by atoms with E-state index in [1.165, 1.54) is 5.56 Å². The molecule has 0 bridgehead atoms. The minimum absolute atomic E-state index is 0. The molecular weight excluding hydrogens is 317 g/mol. The molecule has 0 aromatic heterocycles. The molecule has 1 unspecified atom stereocenters. The van der Waals surface area contributed by atoms with Crippen LogP contribution in [0.15, 0.2) is 24.0 Å². The Bertz CT molecular complexity index is 707. The Morgan fingerprint density at radius 2 is 2.04 bits per heavy atom. The molecule has 3 aliphatic heterocycles. The maximum Gasteiger partial charge on any atom is 1.00 e. The average Bonchev–Trinajstić information content (AvgIpc) is 3.21. The van der Waals surface area contributed by atoms with Crippen molar-refractivity contribution in [3.63, 3.8) is 0 Å². The van der Waals surface area contributed by atoms with Crippen LogP contribution in [-0.4, -0.2) is 43.5 Å². The van der Waals surface area contributed by atoms with Crippen LogP contribution in [-0.2, 0) is 11.2 Å². The molecule has 6 heteroatoms. The first-order valence-corrected chi connectivity index (χ1v) is 8.33. The second-order valence-corrected chi connectivity index (χ2v) is 6.89. The van der Waals surface area contributed by atoms with E-state index in [0.29, 0.717) is 5.76 Å². The molecule has 0 amide bonds. The van der Waals surface area contributed by atoms with Crippen molar-refractivity contribution in [1.29, 1.82) is 0 Å². The number of rotatable bonds is 1. The Hall–Kier alpha value is -0.720. The van der Waals surface area contributed by atoms with Gasteiger partial charge in [-0.15, -0.1) is 0 Å². The van der Waals surface area contributed by atoms with Crippen LogP contribution in [0.3, 0.4) is 0 Å². The molecule has 0 N–H and O–H groups in total. The van der Waals surface area contributed by atoms with Crippen molar-refractivity contribution in [3.8, 4) is 11.5 Å². The van der Waals surface area contributed by atoms with Gasteiger partial charge in [-0.05, 0) is 55.1 Å². The fourth-order valence-electron chi connectivity index (χ4n) is 4.97. The smallest absolute Gasteiger partial charge is 0.846 e.